The van der Waals surface area contributed by atoms with E-state index in [1.54, 1.807) is 9.80 Å². The van der Waals surface area contributed by atoms with E-state index in [1.807, 2.05) is 69.3 Å². The molecule has 7 heteroatoms. The van der Waals surface area contributed by atoms with E-state index in [2.05, 4.69) is 21.2 Å². The summed E-state index contributed by atoms with van der Waals surface area (Å²) >= 11 is 3.43. The van der Waals surface area contributed by atoms with Crippen LogP contribution in [0.2, 0.25) is 0 Å². The van der Waals surface area contributed by atoms with E-state index in [1.165, 1.54) is 0 Å². The smallest absolute Gasteiger partial charge is 0.255 e. The summed E-state index contributed by atoms with van der Waals surface area (Å²) in [5, 5.41) is 3.07. The minimum Gasteiger partial charge on any atom is -0.348 e. The van der Waals surface area contributed by atoms with E-state index >= 15 is 0 Å². The first-order chi connectivity index (χ1) is 15.8. The molecule has 2 aliphatic rings. The number of halogens is 1. The Morgan fingerprint density at radius 1 is 1.06 bits per heavy atom. The number of fused-ring (bicyclic) bond motifs is 1. The van der Waals surface area contributed by atoms with E-state index in [0.717, 1.165) is 22.0 Å². The molecule has 0 bridgehead atoms. The molecule has 0 radical (unpaired) electrons. The third kappa shape index (κ3) is 4.69. The molecule has 0 aromatic heterocycles. The Hall–Kier alpha value is -2.67. The molecule has 2 aromatic rings. The van der Waals surface area contributed by atoms with Crippen LogP contribution in [0.15, 0.2) is 53.0 Å². The van der Waals surface area contributed by atoms with Gasteiger partial charge in [0.2, 0.25) is 11.8 Å². The van der Waals surface area contributed by atoms with Crippen molar-refractivity contribution in [3.05, 3.63) is 69.7 Å². The molecule has 0 saturated carbocycles. The number of benzene rings is 2. The van der Waals surface area contributed by atoms with Crippen LogP contribution in [0, 0.1) is 5.92 Å². The predicted octanol–water partition coefficient (Wildman–Crippen LogP) is 4.30. The van der Waals surface area contributed by atoms with Gasteiger partial charge < -0.3 is 15.1 Å². The molecule has 3 amide bonds. The van der Waals surface area contributed by atoms with Gasteiger partial charge in [-0.25, -0.2) is 0 Å². The Balaban J connectivity index is 1.49. The van der Waals surface area contributed by atoms with Crippen molar-refractivity contribution in [1.29, 1.82) is 0 Å². The third-order valence-corrected chi connectivity index (χ3v) is 7.17. The zero-order valence-corrected chi connectivity index (χ0v) is 20.8. The van der Waals surface area contributed by atoms with Gasteiger partial charge in [0.05, 0.1) is 6.04 Å². The molecule has 33 heavy (non-hydrogen) atoms. The first-order valence-electron chi connectivity index (χ1n) is 11.5. The molecular formula is C26H30BrN3O3. The highest BCUT2D eigenvalue weighted by molar-refractivity contribution is 9.10. The van der Waals surface area contributed by atoms with Crippen molar-refractivity contribution < 1.29 is 14.4 Å². The number of likely N-dealkylation sites (tertiary alicyclic amines) is 1. The zero-order chi connectivity index (χ0) is 23.7. The van der Waals surface area contributed by atoms with E-state index < -0.39 is 12.1 Å². The second-order valence-electron chi connectivity index (χ2n) is 9.25. The Morgan fingerprint density at radius 3 is 2.42 bits per heavy atom. The molecule has 1 N–H and O–H groups in total. The van der Waals surface area contributed by atoms with Crippen molar-refractivity contribution in [2.75, 3.05) is 6.54 Å². The van der Waals surface area contributed by atoms with Gasteiger partial charge in [0, 0.05) is 23.1 Å². The lowest BCUT2D eigenvalue weighted by Crippen LogP contribution is -2.55. The first-order valence-corrected chi connectivity index (χ1v) is 12.3. The lowest BCUT2D eigenvalue weighted by atomic mass is 10.00. The summed E-state index contributed by atoms with van der Waals surface area (Å²) in [7, 11) is 0. The van der Waals surface area contributed by atoms with E-state index in [-0.39, 0.29) is 29.7 Å². The fourth-order valence-electron chi connectivity index (χ4n) is 4.90. The van der Waals surface area contributed by atoms with Crippen molar-refractivity contribution in [3.8, 4) is 0 Å². The van der Waals surface area contributed by atoms with Gasteiger partial charge in [-0.2, -0.15) is 0 Å². The third-order valence-electron chi connectivity index (χ3n) is 6.64. The predicted molar refractivity (Wildman–Crippen MR) is 130 cm³/mol. The lowest BCUT2D eigenvalue weighted by Gasteiger charge is -2.35. The molecule has 4 rings (SSSR count). The van der Waals surface area contributed by atoms with Crippen LogP contribution in [-0.2, 0) is 16.1 Å². The van der Waals surface area contributed by atoms with Crippen molar-refractivity contribution >= 4 is 33.7 Å². The summed E-state index contributed by atoms with van der Waals surface area (Å²) in [4.78, 5) is 43.3. The van der Waals surface area contributed by atoms with Crippen LogP contribution in [0.5, 0.6) is 0 Å². The summed E-state index contributed by atoms with van der Waals surface area (Å²) in [6.07, 6.45) is 1.40. The lowest BCUT2D eigenvalue weighted by molar-refractivity contribution is -0.143. The van der Waals surface area contributed by atoms with Gasteiger partial charge in [0.15, 0.2) is 0 Å². The van der Waals surface area contributed by atoms with E-state index in [0.29, 0.717) is 25.1 Å². The van der Waals surface area contributed by atoms with Crippen LogP contribution < -0.4 is 5.32 Å². The second kappa shape index (κ2) is 9.67. The molecule has 6 nitrogen and oxygen atoms in total. The zero-order valence-electron chi connectivity index (χ0n) is 19.3. The minimum absolute atomic E-state index is 0.0678. The standard InChI is InChI=1S/C26H30BrN3O3/c1-16(2)23(30-15-19-7-4-5-8-21(19)25(30)32)26(33)29-14-6-9-22(29)24(31)28-17(3)18-10-12-20(27)13-11-18/h4-5,7-8,10-13,16-17,22-23H,6,9,14-15H2,1-3H3,(H,28,31)/t17?,22-,23?/m0/s1. The largest absolute Gasteiger partial charge is 0.348 e. The molecule has 0 aliphatic carbocycles. The Bertz CT molecular complexity index is 1050. The van der Waals surface area contributed by atoms with Crippen LogP contribution in [0.4, 0.5) is 0 Å². The molecule has 0 spiro atoms. The quantitative estimate of drug-likeness (QED) is 0.628. The highest BCUT2D eigenvalue weighted by atomic mass is 79.9. The number of nitrogens with one attached hydrogen (secondary N) is 1. The highest BCUT2D eigenvalue weighted by Crippen LogP contribution is 2.30. The minimum atomic E-state index is -0.595. The maximum Gasteiger partial charge on any atom is 0.255 e. The van der Waals surface area contributed by atoms with Gasteiger partial charge in [0.25, 0.3) is 5.91 Å². The first kappa shape index (κ1) is 23.5. The number of hydrogen-bond donors (Lipinski definition) is 1. The number of rotatable bonds is 6. The Kier molecular flexibility index (Phi) is 6.88. The van der Waals surface area contributed by atoms with Gasteiger partial charge in [-0.3, -0.25) is 14.4 Å². The average Bonchev–Trinajstić information content (AvgIpc) is 3.40. The molecular weight excluding hydrogens is 482 g/mol. The van der Waals surface area contributed by atoms with Gasteiger partial charge in [-0.05, 0) is 55.0 Å². The van der Waals surface area contributed by atoms with Crippen LogP contribution in [0.3, 0.4) is 0 Å². The Labute approximate surface area is 203 Å². The fraction of sp³-hybridized carbons (Fsp3) is 0.423. The van der Waals surface area contributed by atoms with Crippen molar-refractivity contribution in [2.24, 2.45) is 5.92 Å². The van der Waals surface area contributed by atoms with E-state index in [4.69, 9.17) is 0 Å². The van der Waals surface area contributed by atoms with Crippen molar-refractivity contribution in [1.82, 2.24) is 15.1 Å². The molecule has 1 saturated heterocycles. The summed E-state index contributed by atoms with van der Waals surface area (Å²) in [5.74, 6) is -0.460. The van der Waals surface area contributed by atoms with Crippen LogP contribution >= 0.6 is 15.9 Å². The summed E-state index contributed by atoms with van der Waals surface area (Å²) in [6, 6.07) is 14.1. The van der Waals surface area contributed by atoms with Gasteiger partial charge in [0.1, 0.15) is 12.1 Å². The van der Waals surface area contributed by atoms with Gasteiger partial charge in [-0.15, -0.1) is 0 Å². The molecule has 2 aliphatic heterocycles. The SMILES string of the molecule is CC(NC(=O)[C@@H]1CCCN1C(=O)C(C(C)C)N1Cc2ccccc2C1=O)c1ccc(Br)cc1. The summed E-state index contributed by atoms with van der Waals surface area (Å²) < 4.78 is 0.982. The number of carbonyl (C=O) groups excluding carboxylic acids is 3. The molecule has 2 aromatic carbocycles. The average molecular weight is 512 g/mol. The number of carbonyl (C=O) groups is 3. The number of amides is 3. The number of hydrogen-bond acceptors (Lipinski definition) is 3. The topological polar surface area (TPSA) is 69.7 Å². The maximum atomic E-state index is 13.7. The second-order valence-corrected chi connectivity index (χ2v) is 10.2. The number of nitrogens with zero attached hydrogens (tertiary/aromatic N) is 2. The van der Waals surface area contributed by atoms with Crippen molar-refractivity contribution in [3.63, 3.8) is 0 Å². The molecule has 2 unspecified atom stereocenters. The van der Waals surface area contributed by atoms with Crippen LogP contribution in [0.1, 0.15) is 61.1 Å². The molecule has 2 heterocycles. The van der Waals surface area contributed by atoms with Gasteiger partial charge >= 0.3 is 0 Å². The van der Waals surface area contributed by atoms with Crippen LogP contribution in [-0.4, -0.2) is 46.1 Å². The monoisotopic (exact) mass is 511 g/mol. The highest BCUT2D eigenvalue weighted by Gasteiger charge is 2.43. The maximum absolute atomic E-state index is 13.7. The Morgan fingerprint density at radius 2 is 1.76 bits per heavy atom. The fourth-order valence-corrected chi connectivity index (χ4v) is 5.16. The molecule has 174 valence electrons. The van der Waals surface area contributed by atoms with Crippen molar-refractivity contribution in [2.45, 2.75) is 58.3 Å². The molecule has 3 atom stereocenters. The van der Waals surface area contributed by atoms with Crippen LogP contribution in [0.25, 0.3) is 0 Å². The molecule has 1 fully saturated rings. The summed E-state index contributed by atoms with van der Waals surface area (Å²) in [5.41, 5.74) is 2.61. The van der Waals surface area contributed by atoms with E-state index in [9.17, 15) is 14.4 Å². The summed E-state index contributed by atoms with van der Waals surface area (Å²) in [6.45, 7) is 6.81. The normalized spacial score (nSPS) is 19.5. The van der Waals surface area contributed by atoms with Gasteiger partial charge in [-0.1, -0.05) is 60.1 Å².